The van der Waals surface area contributed by atoms with Crippen LogP contribution >= 0.6 is 0 Å². The van der Waals surface area contributed by atoms with Crippen molar-refractivity contribution in [3.05, 3.63) is 41.1 Å². The van der Waals surface area contributed by atoms with Gasteiger partial charge in [0.2, 0.25) is 0 Å². The van der Waals surface area contributed by atoms with Gasteiger partial charge in [0.15, 0.2) is 6.61 Å². The monoisotopic (exact) mass is 397 g/mol. The van der Waals surface area contributed by atoms with Crippen LogP contribution in [0.5, 0.6) is 0 Å². The van der Waals surface area contributed by atoms with Gasteiger partial charge in [0, 0.05) is 16.6 Å². The zero-order chi connectivity index (χ0) is 21.2. The number of hydrogen-bond acceptors (Lipinski definition) is 5. The summed E-state index contributed by atoms with van der Waals surface area (Å²) < 4.78 is 5.27. The maximum Gasteiger partial charge on any atom is 0.339 e. The van der Waals surface area contributed by atoms with E-state index in [1.807, 2.05) is 24.3 Å². The van der Waals surface area contributed by atoms with Gasteiger partial charge < -0.3 is 10.1 Å². The molecule has 0 aliphatic heterocycles. The van der Waals surface area contributed by atoms with Crippen molar-refractivity contribution in [2.75, 3.05) is 6.61 Å². The minimum Gasteiger partial charge on any atom is -0.452 e. The molecule has 0 saturated heterocycles. The van der Waals surface area contributed by atoms with Gasteiger partial charge in [-0.2, -0.15) is 0 Å². The summed E-state index contributed by atoms with van der Waals surface area (Å²) in [6.45, 7) is 7.02. The number of carbonyl (C=O) groups excluding carboxylic acids is 3. The zero-order valence-electron chi connectivity index (χ0n) is 17.3. The van der Waals surface area contributed by atoms with Crippen LogP contribution in [0, 0.1) is 5.92 Å². The topological polar surface area (TPSA) is 97.4 Å². The van der Waals surface area contributed by atoms with Crippen molar-refractivity contribution in [2.24, 2.45) is 5.92 Å². The highest BCUT2D eigenvalue weighted by Gasteiger charge is 2.26. The molecule has 3 amide bonds. The predicted molar refractivity (Wildman–Crippen MR) is 110 cm³/mol. The third-order valence-electron chi connectivity index (χ3n) is 4.79. The molecule has 3 rings (SSSR count). The maximum absolute atomic E-state index is 12.9. The molecular formula is C22H27N3O4. The lowest BCUT2D eigenvalue weighted by Crippen LogP contribution is -2.49. The predicted octanol–water partition coefficient (Wildman–Crippen LogP) is 3.14. The Morgan fingerprint density at radius 1 is 1.21 bits per heavy atom. The van der Waals surface area contributed by atoms with Crippen LogP contribution < -0.4 is 10.6 Å². The van der Waals surface area contributed by atoms with E-state index in [0.29, 0.717) is 11.5 Å². The average molecular weight is 397 g/mol. The number of carbonyl (C=O) groups is 3. The summed E-state index contributed by atoms with van der Waals surface area (Å²) >= 11 is 0. The highest BCUT2D eigenvalue weighted by molar-refractivity contribution is 6.06. The normalized spacial score (nSPS) is 16.1. The Kier molecular flexibility index (Phi) is 5.86. The molecule has 0 bridgehead atoms. The molecule has 2 aromatic rings. The van der Waals surface area contributed by atoms with E-state index < -0.39 is 30.1 Å². The first kappa shape index (κ1) is 20.8. The number of imide groups is 1. The SMILES string of the molecule is CC1CCc2nc3ccccc3c(C(=O)OCC(=O)NC(=O)NC(C)(C)C)c2C1. The molecule has 2 N–H and O–H groups in total. The number of ether oxygens (including phenoxy) is 1. The number of urea groups is 1. The number of aryl methyl sites for hydroxylation is 1. The Hall–Kier alpha value is -2.96. The lowest BCUT2D eigenvalue weighted by Gasteiger charge is -2.24. The van der Waals surface area contributed by atoms with Crippen LogP contribution in [-0.2, 0) is 22.4 Å². The number of esters is 1. The molecule has 1 heterocycles. The molecule has 0 spiro atoms. The van der Waals surface area contributed by atoms with Gasteiger partial charge in [0.1, 0.15) is 0 Å². The first-order valence-electron chi connectivity index (χ1n) is 9.83. The summed E-state index contributed by atoms with van der Waals surface area (Å²) in [4.78, 5) is 41.5. The fourth-order valence-electron chi connectivity index (χ4n) is 3.53. The van der Waals surface area contributed by atoms with Gasteiger partial charge in [-0.15, -0.1) is 0 Å². The van der Waals surface area contributed by atoms with Crippen LogP contribution in [0.3, 0.4) is 0 Å². The average Bonchev–Trinajstić information content (AvgIpc) is 2.62. The van der Waals surface area contributed by atoms with E-state index in [1.165, 1.54) is 0 Å². The van der Waals surface area contributed by atoms with Crippen molar-refractivity contribution < 1.29 is 19.1 Å². The fraction of sp³-hybridized carbons (Fsp3) is 0.455. The largest absolute Gasteiger partial charge is 0.452 e. The second-order valence-electron chi connectivity index (χ2n) is 8.61. The summed E-state index contributed by atoms with van der Waals surface area (Å²) in [6.07, 6.45) is 2.59. The Morgan fingerprint density at radius 3 is 2.66 bits per heavy atom. The minimum absolute atomic E-state index is 0.446. The Bertz CT molecular complexity index is 962. The molecule has 1 aromatic heterocycles. The van der Waals surface area contributed by atoms with Crippen molar-refractivity contribution in [1.82, 2.24) is 15.6 Å². The highest BCUT2D eigenvalue weighted by atomic mass is 16.5. The quantitative estimate of drug-likeness (QED) is 0.776. The number of nitrogens with one attached hydrogen (secondary N) is 2. The van der Waals surface area contributed by atoms with Crippen LogP contribution in [0.2, 0.25) is 0 Å². The number of benzene rings is 1. The van der Waals surface area contributed by atoms with Gasteiger partial charge >= 0.3 is 12.0 Å². The molecule has 1 aliphatic rings. The number of nitrogens with zero attached hydrogens (tertiary/aromatic N) is 1. The van der Waals surface area contributed by atoms with Crippen LogP contribution in [0.25, 0.3) is 10.9 Å². The van der Waals surface area contributed by atoms with Gasteiger partial charge in [0.25, 0.3) is 5.91 Å². The van der Waals surface area contributed by atoms with Crippen LogP contribution in [0.1, 0.15) is 55.7 Å². The van der Waals surface area contributed by atoms with E-state index in [1.54, 1.807) is 20.8 Å². The number of amides is 3. The molecule has 154 valence electrons. The van der Waals surface area contributed by atoms with Crippen molar-refractivity contribution in [3.63, 3.8) is 0 Å². The summed E-state index contributed by atoms with van der Waals surface area (Å²) in [5.74, 6) is -0.803. The van der Waals surface area contributed by atoms with Crippen LogP contribution in [0.4, 0.5) is 4.79 Å². The van der Waals surface area contributed by atoms with Gasteiger partial charge in [-0.05, 0) is 57.6 Å². The summed E-state index contributed by atoms with van der Waals surface area (Å²) in [6, 6.07) is 6.81. The van der Waals surface area contributed by atoms with E-state index in [4.69, 9.17) is 9.72 Å². The van der Waals surface area contributed by atoms with Crippen molar-refractivity contribution in [3.8, 4) is 0 Å². The molecular weight excluding hydrogens is 370 g/mol. The lowest BCUT2D eigenvalue weighted by atomic mass is 9.84. The maximum atomic E-state index is 12.9. The van der Waals surface area contributed by atoms with E-state index >= 15 is 0 Å². The number of pyridine rings is 1. The highest BCUT2D eigenvalue weighted by Crippen LogP contribution is 2.31. The first-order valence-corrected chi connectivity index (χ1v) is 9.83. The van der Waals surface area contributed by atoms with Gasteiger partial charge in [-0.25, -0.2) is 9.59 Å². The van der Waals surface area contributed by atoms with E-state index in [0.717, 1.165) is 41.4 Å². The minimum atomic E-state index is -0.680. The third-order valence-corrected chi connectivity index (χ3v) is 4.79. The number of aromatic nitrogens is 1. The van der Waals surface area contributed by atoms with Crippen LogP contribution in [0.15, 0.2) is 24.3 Å². The first-order chi connectivity index (χ1) is 13.6. The van der Waals surface area contributed by atoms with Crippen molar-refractivity contribution in [1.29, 1.82) is 0 Å². The number of rotatable bonds is 3. The summed E-state index contributed by atoms with van der Waals surface area (Å²) in [7, 11) is 0. The van der Waals surface area contributed by atoms with E-state index in [2.05, 4.69) is 17.6 Å². The number of fused-ring (bicyclic) bond motifs is 2. The fourth-order valence-corrected chi connectivity index (χ4v) is 3.53. The summed E-state index contributed by atoms with van der Waals surface area (Å²) in [5.41, 5.74) is 2.55. The molecule has 1 unspecified atom stereocenters. The Labute approximate surface area is 170 Å². The molecule has 1 atom stereocenters. The third kappa shape index (κ3) is 5.10. The van der Waals surface area contributed by atoms with Gasteiger partial charge in [-0.3, -0.25) is 15.1 Å². The molecule has 7 nitrogen and oxygen atoms in total. The molecule has 1 aliphatic carbocycles. The van der Waals surface area contributed by atoms with Gasteiger partial charge in [-0.1, -0.05) is 25.1 Å². The lowest BCUT2D eigenvalue weighted by molar-refractivity contribution is -0.123. The van der Waals surface area contributed by atoms with E-state index in [-0.39, 0.29) is 0 Å². The van der Waals surface area contributed by atoms with Crippen molar-refractivity contribution >= 4 is 28.8 Å². The Balaban J connectivity index is 1.78. The van der Waals surface area contributed by atoms with Gasteiger partial charge in [0.05, 0.1) is 11.1 Å². The molecule has 0 saturated carbocycles. The van der Waals surface area contributed by atoms with Crippen molar-refractivity contribution in [2.45, 2.75) is 52.5 Å². The van der Waals surface area contributed by atoms with Crippen LogP contribution in [-0.4, -0.2) is 35.0 Å². The number of hydrogen-bond donors (Lipinski definition) is 2. The molecule has 0 radical (unpaired) electrons. The second-order valence-corrected chi connectivity index (χ2v) is 8.61. The molecule has 7 heteroatoms. The molecule has 0 fully saturated rings. The zero-order valence-corrected chi connectivity index (χ0v) is 17.3. The smallest absolute Gasteiger partial charge is 0.339 e. The Morgan fingerprint density at radius 2 is 1.93 bits per heavy atom. The standard InChI is InChI=1S/C22H27N3O4/c1-13-9-10-17-15(11-13)19(14-7-5-6-8-16(14)23-17)20(27)29-12-18(26)24-21(28)25-22(2,3)4/h5-8,13H,9-12H2,1-4H3,(H2,24,25,26,28). The molecule has 1 aromatic carbocycles. The number of para-hydroxylation sites is 1. The second kappa shape index (κ2) is 8.19. The van der Waals surface area contributed by atoms with E-state index in [9.17, 15) is 14.4 Å². The summed E-state index contributed by atoms with van der Waals surface area (Å²) in [5, 5.41) is 5.51. The molecule has 29 heavy (non-hydrogen) atoms.